The standard InChI is InChI=1S/C14H18F3N3O2/c15-14(16,17)12(21)10-19-5-7-20(8-6-19)13(22)9-11-3-1-2-4-18-11/h1-4,12,21H,5-10H2/t12-/m1/s1. The van der Waals surface area contributed by atoms with Gasteiger partial charge in [0, 0.05) is 44.6 Å². The number of nitrogens with zero attached hydrogens (tertiary/aromatic N) is 3. The molecule has 5 nitrogen and oxygen atoms in total. The van der Waals surface area contributed by atoms with Crippen LogP contribution in [-0.2, 0) is 11.2 Å². The number of rotatable bonds is 4. The van der Waals surface area contributed by atoms with Crippen molar-refractivity contribution in [3.05, 3.63) is 30.1 Å². The zero-order valence-corrected chi connectivity index (χ0v) is 12.0. The second-order valence-electron chi connectivity index (χ2n) is 5.24. The summed E-state index contributed by atoms with van der Waals surface area (Å²) >= 11 is 0. The molecule has 22 heavy (non-hydrogen) atoms. The Kier molecular flexibility index (Phi) is 5.36. The maximum Gasteiger partial charge on any atom is 0.415 e. The lowest BCUT2D eigenvalue weighted by Crippen LogP contribution is -2.52. The SMILES string of the molecule is O=C(Cc1ccccn1)N1CCN(C[C@@H](O)C(F)(F)F)CC1. The smallest absolute Gasteiger partial charge is 0.382 e. The predicted octanol–water partition coefficient (Wildman–Crippen LogP) is 0.692. The van der Waals surface area contributed by atoms with Crippen molar-refractivity contribution in [2.24, 2.45) is 0 Å². The van der Waals surface area contributed by atoms with Crippen molar-refractivity contribution in [1.82, 2.24) is 14.8 Å². The summed E-state index contributed by atoms with van der Waals surface area (Å²) in [5.41, 5.74) is 0.669. The Labute approximate surface area is 126 Å². The predicted molar refractivity (Wildman–Crippen MR) is 73.0 cm³/mol. The second-order valence-corrected chi connectivity index (χ2v) is 5.24. The van der Waals surface area contributed by atoms with Crippen LogP contribution in [-0.4, -0.2) is 70.8 Å². The molecule has 0 aromatic carbocycles. The van der Waals surface area contributed by atoms with E-state index in [-0.39, 0.29) is 12.3 Å². The van der Waals surface area contributed by atoms with Gasteiger partial charge in [-0.1, -0.05) is 6.07 Å². The van der Waals surface area contributed by atoms with Crippen LogP contribution in [0.5, 0.6) is 0 Å². The maximum absolute atomic E-state index is 12.3. The Morgan fingerprint density at radius 3 is 2.50 bits per heavy atom. The lowest BCUT2D eigenvalue weighted by atomic mass is 10.2. The molecule has 0 saturated carbocycles. The topological polar surface area (TPSA) is 56.7 Å². The van der Waals surface area contributed by atoms with Crippen LogP contribution >= 0.6 is 0 Å². The number of alkyl halides is 3. The number of carbonyl (C=O) groups excluding carboxylic acids is 1. The van der Waals surface area contributed by atoms with Crippen LogP contribution in [0.25, 0.3) is 0 Å². The molecule has 0 unspecified atom stereocenters. The van der Waals surface area contributed by atoms with Gasteiger partial charge in [-0.15, -0.1) is 0 Å². The Hall–Kier alpha value is -1.67. The van der Waals surface area contributed by atoms with E-state index < -0.39 is 18.8 Å². The van der Waals surface area contributed by atoms with E-state index in [0.29, 0.717) is 31.9 Å². The molecule has 0 aliphatic carbocycles. The van der Waals surface area contributed by atoms with Crippen LogP contribution < -0.4 is 0 Å². The van der Waals surface area contributed by atoms with Gasteiger partial charge in [0.2, 0.25) is 5.91 Å². The van der Waals surface area contributed by atoms with Gasteiger partial charge in [-0.05, 0) is 12.1 Å². The molecule has 8 heteroatoms. The third-order valence-corrected chi connectivity index (χ3v) is 3.59. The fraction of sp³-hybridized carbons (Fsp3) is 0.571. The number of aliphatic hydroxyl groups excluding tert-OH is 1. The quantitative estimate of drug-likeness (QED) is 0.888. The Morgan fingerprint density at radius 2 is 1.95 bits per heavy atom. The molecule has 1 aliphatic heterocycles. The summed E-state index contributed by atoms with van der Waals surface area (Å²) in [6, 6.07) is 5.32. The van der Waals surface area contributed by atoms with Gasteiger partial charge in [-0.25, -0.2) is 0 Å². The summed E-state index contributed by atoms with van der Waals surface area (Å²) in [4.78, 5) is 19.3. The maximum atomic E-state index is 12.3. The number of β-amino-alcohol motifs (C(OH)–C–C–N with tert-alkyl or cyclic N) is 1. The molecule has 1 atom stereocenters. The lowest BCUT2D eigenvalue weighted by Gasteiger charge is -2.35. The Morgan fingerprint density at radius 1 is 1.27 bits per heavy atom. The van der Waals surface area contributed by atoms with E-state index in [1.165, 1.54) is 4.90 Å². The van der Waals surface area contributed by atoms with Crippen molar-refractivity contribution in [2.75, 3.05) is 32.7 Å². The molecular formula is C14H18F3N3O2. The molecule has 2 rings (SSSR count). The van der Waals surface area contributed by atoms with Gasteiger partial charge in [0.1, 0.15) is 0 Å². The molecule has 0 bridgehead atoms. The number of carbonyl (C=O) groups is 1. The second kappa shape index (κ2) is 7.06. The average molecular weight is 317 g/mol. The van der Waals surface area contributed by atoms with Gasteiger partial charge in [0.05, 0.1) is 6.42 Å². The minimum absolute atomic E-state index is 0.0882. The van der Waals surface area contributed by atoms with Gasteiger partial charge >= 0.3 is 6.18 Å². The number of amides is 1. The fourth-order valence-corrected chi connectivity index (χ4v) is 2.30. The van der Waals surface area contributed by atoms with Gasteiger partial charge < -0.3 is 10.0 Å². The molecule has 122 valence electrons. The van der Waals surface area contributed by atoms with E-state index in [1.54, 1.807) is 29.3 Å². The number of halogens is 3. The van der Waals surface area contributed by atoms with E-state index in [0.717, 1.165) is 0 Å². The number of aliphatic hydroxyl groups is 1. The zero-order valence-electron chi connectivity index (χ0n) is 12.0. The third kappa shape index (κ3) is 4.67. The van der Waals surface area contributed by atoms with Crippen LogP contribution in [0.3, 0.4) is 0 Å². The van der Waals surface area contributed by atoms with Crippen molar-refractivity contribution in [3.63, 3.8) is 0 Å². The van der Waals surface area contributed by atoms with Crippen LogP contribution in [0, 0.1) is 0 Å². The van der Waals surface area contributed by atoms with Crippen LogP contribution in [0.1, 0.15) is 5.69 Å². The first-order valence-corrected chi connectivity index (χ1v) is 7.01. The highest BCUT2D eigenvalue weighted by Crippen LogP contribution is 2.21. The summed E-state index contributed by atoms with van der Waals surface area (Å²) in [5, 5.41) is 9.05. The highest BCUT2D eigenvalue weighted by molar-refractivity contribution is 5.78. The normalized spacial score (nSPS) is 18.3. The number of hydrogen-bond donors (Lipinski definition) is 1. The van der Waals surface area contributed by atoms with Crippen LogP contribution in [0.4, 0.5) is 13.2 Å². The fourth-order valence-electron chi connectivity index (χ4n) is 2.30. The highest BCUT2D eigenvalue weighted by atomic mass is 19.4. The lowest BCUT2D eigenvalue weighted by molar-refractivity contribution is -0.209. The van der Waals surface area contributed by atoms with Crippen molar-refractivity contribution >= 4 is 5.91 Å². The highest BCUT2D eigenvalue weighted by Gasteiger charge is 2.39. The molecular weight excluding hydrogens is 299 g/mol. The van der Waals surface area contributed by atoms with Crippen molar-refractivity contribution in [1.29, 1.82) is 0 Å². The zero-order chi connectivity index (χ0) is 16.2. The van der Waals surface area contributed by atoms with Crippen molar-refractivity contribution in [3.8, 4) is 0 Å². The molecule has 0 radical (unpaired) electrons. The van der Waals surface area contributed by atoms with E-state index in [2.05, 4.69) is 4.98 Å². The van der Waals surface area contributed by atoms with Gasteiger partial charge in [0.25, 0.3) is 0 Å². The van der Waals surface area contributed by atoms with Crippen LogP contribution in [0.15, 0.2) is 24.4 Å². The molecule has 1 aliphatic rings. The first kappa shape index (κ1) is 16.7. The molecule has 1 saturated heterocycles. The monoisotopic (exact) mass is 317 g/mol. The van der Waals surface area contributed by atoms with Gasteiger partial charge in [-0.3, -0.25) is 14.7 Å². The summed E-state index contributed by atoms with van der Waals surface area (Å²) < 4.78 is 36.9. The summed E-state index contributed by atoms with van der Waals surface area (Å²) in [7, 11) is 0. The van der Waals surface area contributed by atoms with E-state index in [1.807, 2.05) is 0 Å². The number of pyridine rings is 1. The average Bonchev–Trinajstić information content (AvgIpc) is 2.48. The Balaban J connectivity index is 1.78. The largest absolute Gasteiger partial charge is 0.415 e. The number of piperazine rings is 1. The molecule has 1 fully saturated rings. The Bertz CT molecular complexity index is 488. The molecule has 2 heterocycles. The molecule has 0 spiro atoms. The third-order valence-electron chi connectivity index (χ3n) is 3.59. The van der Waals surface area contributed by atoms with Crippen molar-refractivity contribution in [2.45, 2.75) is 18.7 Å². The molecule has 1 aromatic rings. The van der Waals surface area contributed by atoms with E-state index in [4.69, 9.17) is 5.11 Å². The summed E-state index contributed by atoms with van der Waals surface area (Å²) in [5.74, 6) is -0.0882. The van der Waals surface area contributed by atoms with E-state index >= 15 is 0 Å². The summed E-state index contributed by atoms with van der Waals surface area (Å²) in [6.45, 7) is 0.903. The first-order chi connectivity index (χ1) is 10.4. The number of aromatic nitrogens is 1. The van der Waals surface area contributed by atoms with Gasteiger partial charge in [0.15, 0.2) is 6.10 Å². The van der Waals surface area contributed by atoms with Crippen LogP contribution in [0.2, 0.25) is 0 Å². The molecule has 1 amide bonds. The van der Waals surface area contributed by atoms with E-state index in [9.17, 15) is 18.0 Å². The minimum Gasteiger partial charge on any atom is -0.382 e. The van der Waals surface area contributed by atoms with Crippen molar-refractivity contribution < 1.29 is 23.1 Å². The molecule has 1 N–H and O–H groups in total. The minimum atomic E-state index is -4.61. The molecule has 1 aromatic heterocycles. The van der Waals surface area contributed by atoms with Gasteiger partial charge in [-0.2, -0.15) is 13.2 Å². The summed E-state index contributed by atoms with van der Waals surface area (Å²) in [6.07, 6.45) is -5.15. The first-order valence-electron chi connectivity index (χ1n) is 7.01. The number of hydrogen-bond acceptors (Lipinski definition) is 4.